The van der Waals surface area contributed by atoms with Crippen molar-refractivity contribution in [3.05, 3.63) is 65.5 Å². The van der Waals surface area contributed by atoms with E-state index in [1.54, 1.807) is 24.3 Å². The number of nitrogens with zero attached hydrogens (tertiary/aromatic N) is 1. The summed E-state index contributed by atoms with van der Waals surface area (Å²) in [5.41, 5.74) is 1.34. The molecule has 168 valence electrons. The minimum atomic E-state index is -4.14. The van der Waals surface area contributed by atoms with Crippen molar-refractivity contribution >= 4 is 26.0 Å². The zero-order valence-electron chi connectivity index (χ0n) is 16.9. The van der Waals surface area contributed by atoms with Gasteiger partial charge < -0.3 is 5.32 Å². The third-order valence-corrected chi connectivity index (χ3v) is 8.36. The Kier molecular flexibility index (Phi) is 7.10. The summed E-state index contributed by atoms with van der Waals surface area (Å²) in [6.07, 6.45) is 0.848. The fourth-order valence-corrected chi connectivity index (χ4v) is 5.92. The zero-order valence-corrected chi connectivity index (χ0v) is 18.5. The van der Waals surface area contributed by atoms with E-state index >= 15 is 0 Å². The molecular formula is C20H24FN3O5S2. The van der Waals surface area contributed by atoms with Crippen LogP contribution in [0.15, 0.2) is 53.4 Å². The first-order valence-electron chi connectivity index (χ1n) is 9.67. The number of amides is 1. The van der Waals surface area contributed by atoms with Crippen LogP contribution in [0.2, 0.25) is 0 Å². The Balaban J connectivity index is 1.66. The molecule has 31 heavy (non-hydrogen) atoms. The molecule has 1 aliphatic heterocycles. The number of hydrogen-bond donors (Lipinski definition) is 2. The van der Waals surface area contributed by atoms with Crippen molar-refractivity contribution in [1.29, 1.82) is 0 Å². The van der Waals surface area contributed by atoms with E-state index < -0.39 is 42.7 Å². The molecule has 1 unspecified atom stereocenters. The van der Waals surface area contributed by atoms with Gasteiger partial charge in [-0.3, -0.25) is 4.79 Å². The van der Waals surface area contributed by atoms with Gasteiger partial charge in [0.15, 0.2) is 0 Å². The standard InChI is InChI=1S/C20H24FN3O5S2/c1-22-30(26,27)14-16-10-8-15(9-11-16)13-23-20(25)18-6-4-12-24(18)31(28,29)19-7-3-2-5-17(19)21/h2-3,5,7-11,18,22H,4,6,12-14H2,1H3,(H,23,25). The van der Waals surface area contributed by atoms with Crippen LogP contribution in [0.4, 0.5) is 4.39 Å². The van der Waals surface area contributed by atoms with E-state index in [1.807, 2.05) is 0 Å². The number of rotatable bonds is 8. The fraction of sp³-hybridized carbons (Fsp3) is 0.350. The molecule has 2 N–H and O–H groups in total. The molecule has 0 spiro atoms. The van der Waals surface area contributed by atoms with Crippen LogP contribution in [0.3, 0.4) is 0 Å². The maximum Gasteiger partial charge on any atom is 0.246 e. The zero-order chi connectivity index (χ0) is 22.6. The largest absolute Gasteiger partial charge is 0.351 e. The Morgan fingerprint density at radius 1 is 1.06 bits per heavy atom. The van der Waals surface area contributed by atoms with E-state index in [9.17, 15) is 26.0 Å². The highest BCUT2D eigenvalue weighted by atomic mass is 32.2. The average Bonchev–Trinajstić information content (AvgIpc) is 3.24. The Bertz CT molecular complexity index is 1150. The van der Waals surface area contributed by atoms with Crippen molar-refractivity contribution in [2.45, 2.75) is 36.1 Å². The minimum Gasteiger partial charge on any atom is -0.351 e. The van der Waals surface area contributed by atoms with Crippen molar-refractivity contribution in [2.24, 2.45) is 0 Å². The van der Waals surface area contributed by atoms with E-state index in [1.165, 1.54) is 25.2 Å². The normalized spacial score (nSPS) is 17.5. The Labute approximate surface area is 181 Å². The van der Waals surface area contributed by atoms with Gasteiger partial charge in [0.1, 0.15) is 16.8 Å². The van der Waals surface area contributed by atoms with Crippen molar-refractivity contribution in [1.82, 2.24) is 14.3 Å². The van der Waals surface area contributed by atoms with Gasteiger partial charge in [0.25, 0.3) is 0 Å². The maximum absolute atomic E-state index is 14.0. The maximum atomic E-state index is 14.0. The second kappa shape index (κ2) is 9.43. The molecule has 2 aromatic carbocycles. The molecular weight excluding hydrogens is 445 g/mol. The van der Waals surface area contributed by atoms with Crippen LogP contribution >= 0.6 is 0 Å². The Morgan fingerprint density at radius 3 is 2.35 bits per heavy atom. The van der Waals surface area contributed by atoms with Crippen molar-refractivity contribution in [3.63, 3.8) is 0 Å². The summed E-state index contributed by atoms with van der Waals surface area (Å²) >= 11 is 0. The lowest BCUT2D eigenvalue weighted by Crippen LogP contribution is -2.45. The van der Waals surface area contributed by atoms with Gasteiger partial charge in [-0.1, -0.05) is 36.4 Å². The lowest BCUT2D eigenvalue weighted by molar-refractivity contribution is -0.124. The highest BCUT2D eigenvalue weighted by Gasteiger charge is 2.40. The van der Waals surface area contributed by atoms with Crippen molar-refractivity contribution < 1.29 is 26.0 Å². The molecule has 1 heterocycles. The van der Waals surface area contributed by atoms with Gasteiger partial charge in [-0.2, -0.15) is 4.31 Å². The van der Waals surface area contributed by atoms with Crippen LogP contribution in [0.25, 0.3) is 0 Å². The predicted molar refractivity (Wildman–Crippen MR) is 113 cm³/mol. The number of benzene rings is 2. The lowest BCUT2D eigenvalue weighted by atomic mass is 10.1. The van der Waals surface area contributed by atoms with Crippen LogP contribution in [-0.2, 0) is 37.1 Å². The lowest BCUT2D eigenvalue weighted by Gasteiger charge is -2.23. The number of nitrogens with one attached hydrogen (secondary N) is 2. The summed E-state index contributed by atoms with van der Waals surface area (Å²) in [4.78, 5) is 12.2. The third kappa shape index (κ3) is 5.48. The second-order valence-electron chi connectivity index (χ2n) is 7.20. The highest BCUT2D eigenvalue weighted by molar-refractivity contribution is 7.89. The van der Waals surface area contributed by atoms with Crippen molar-refractivity contribution in [3.8, 4) is 0 Å². The van der Waals surface area contributed by atoms with Crippen LogP contribution in [-0.4, -0.2) is 46.7 Å². The first-order chi connectivity index (χ1) is 14.6. The molecule has 0 aliphatic carbocycles. The smallest absolute Gasteiger partial charge is 0.246 e. The van der Waals surface area contributed by atoms with Gasteiger partial charge in [-0.05, 0) is 43.1 Å². The summed E-state index contributed by atoms with van der Waals surface area (Å²) in [7, 11) is -6.17. The number of hydrogen-bond acceptors (Lipinski definition) is 5. The molecule has 2 aromatic rings. The molecule has 1 saturated heterocycles. The van der Waals surface area contributed by atoms with E-state index in [4.69, 9.17) is 0 Å². The predicted octanol–water partition coefficient (Wildman–Crippen LogP) is 1.34. The Hall–Kier alpha value is -2.34. The summed E-state index contributed by atoms with van der Waals surface area (Å²) < 4.78 is 66.3. The Morgan fingerprint density at radius 2 is 1.71 bits per heavy atom. The minimum absolute atomic E-state index is 0.142. The van der Waals surface area contributed by atoms with E-state index in [-0.39, 0.29) is 18.8 Å². The summed E-state index contributed by atoms with van der Waals surface area (Å²) in [5.74, 6) is -1.46. The van der Waals surface area contributed by atoms with E-state index in [2.05, 4.69) is 10.0 Å². The van der Waals surface area contributed by atoms with Crippen molar-refractivity contribution in [2.75, 3.05) is 13.6 Å². The highest BCUT2D eigenvalue weighted by Crippen LogP contribution is 2.27. The number of halogens is 1. The molecule has 8 nitrogen and oxygen atoms in total. The molecule has 0 radical (unpaired) electrons. The topological polar surface area (TPSA) is 113 Å². The van der Waals surface area contributed by atoms with Gasteiger partial charge in [-0.25, -0.2) is 25.9 Å². The van der Waals surface area contributed by atoms with Crippen LogP contribution in [0.1, 0.15) is 24.0 Å². The summed E-state index contributed by atoms with van der Waals surface area (Å²) in [6.45, 7) is 0.297. The molecule has 1 amide bonds. The molecule has 3 rings (SSSR count). The van der Waals surface area contributed by atoms with Crippen LogP contribution in [0, 0.1) is 5.82 Å². The first kappa shape index (κ1) is 23.3. The number of carbonyl (C=O) groups excluding carboxylic acids is 1. The van der Waals surface area contributed by atoms with Gasteiger partial charge >= 0.3 is 0 Å². The molecule has 0 bridgehead atoms. The summed E-state index contributed by atoms with van der Waals surface area (Å²) in [6, 6.07) is 10.9. The number of carbonyl (C=O) groups is 1. The third-order valence-electron chi connectivity index (χ3n) is 5.09. The van der Waals surface area contributed by atoms with Gasteiger partial charge in [-0.15, -0.1) is 0 Å². The van der Waals surface area contributed by atoms with Gasteiger partial charge in [0.05, 0.1) is 5.75 Å². The molecule has 0 aromatic heterocycles. The average molecular weight is 470 g/mol. The molecule has 11 heteroatoms. The molecule has 1 fully saturated rings. The van der Waals surface area contributed by atoms with E-state index in [0.717, 1.165) is 15.9 Å². The number of sulfonamides is 2. The van der Waals surface area contributed by atoms with Crippen LogP contribution < -0.4 is 10.0 Å². The quantitative estimate of drug-likeness (QED) is 0.606. The molecule has 1 aliphatic rings. The van der Waals surface area contributed by atoms with Gasteiger partial charge in [0, 0.05) is 13.1 Å². The SMILES string of the molecule is CNS(=O)(=O)Cc1ccc(CNC(=O)C2CCCN2S(=O)(=O)c2ccccc2F)cc1. The molecule has 1 atom stereocenters. The van der Waals surface area contributed by atoms with E-state index in [0.29, 0.717) is 18.4 Å². The fourth-order valence-electron chi connectivity index (χ4n) is 3.42. The van der Waals surface area contributed by atoms with Gasteiger partial charge in [0.2, 0.25) is 26.0 Å². The second-order valence-corrected chi connectivity index (χ2v) is 11.0. The monoisotopic (exact) mass is 469 g/mol. The van der Waals surface area contributed by atoms with Crippen LogP contribution in [0.5, 0.6) is 0 Å². The summed E-state index contributed by atoms with van der Waals surface area (Å²) in [5, 5.41) is 2.72. The molecule has 0 saturated carbocycles. The first-order valence-corrected chi connectivity index (χ1v) is 12.8.